The summed E-state index contributed by atoms with van der Waals surface area (Å²) < 4.78 is 16.0. The van der Waals surface area contributed by atoms with Gasteiger partial charge in [0.2, 0.25) is 0 Å². The van der Waals surface area contributed by atoms with Gasteiger partial charge in [-0.15, -0.1) is 0 Å². The van der Waals surface area contributed by atoms with E-state index in [0.29, 0.717) is 28.5 Å². The van der Waals surface area contributed by atoms with E-state index in [1.54, 1.807) is 81.0 Å². The molecule has 2 aromatic carbocycles. The molecule has 3 rings (SSSR count). The summed E-state index contributed by atoms with van der Waals surface area (Å²) in [6, 6.07) is 17.2. The van der Waals surface area contributed by atoms with E-state index in [-0.39, 0.29) is 18.4 Å². The maximum Gasteiger partial charge on any atom is 0.265 e. The minimum Gasteiger partial charge on any atom is -0.497 e. The van der Waals surface area contributed by atoms with Crippen LogP contribution < -0.4 is 20.1 Å². The van der Waals surface area contributed by atoms with Gasteiger partial charge in [0.05, 0.1) is 31.2 Å². The van der Waals surface area contributed by atoms with Gasteiger partial charge in [-0.3, -0.25) is 9.59 Å². The molecule has 0 radical (unpaired) electrons. The molecule has 0 spiro atoms. The highest BCUT2D eigenvalue weighted by Crippen LogP contribution is 2.20. The number of amides is 2. The van der Waals surface area contributed by atoms with Crippen LogP contribution in [0, 0.1) is 0 Å². The molecule has 2 N–H and O–H groups in total. The van der Waals surface area contributed by atoms with Crippen LogP contribution in [0.4, 0.5) is 5.69 Å². The molecule has 0 saturated heterocycles. The molecule has 7 nitrogen and oxygen atoms in total. The number of para-hydroxylation sites is 1. The molecule has 0 saturated carbocycles. The molecule has 2 amide bonds. The van der Waals surface area contributed by atoms with Gasteiger partial charge in [0.25, 0.3) is 11.8 Å². The van der Waals surface area contributed by atoms with Crippen molar-refractivity contribution in [2.75, 3.05) is 12.4 Å². The fraction of sp³-hybridized carbons (Fsp3) is 0.182. The average Bonchev–Trinajstić information content (AvgIpc) is 3.26. The monoisotopic (exact) mass is 394 g/mol. The van der Waals surface area contributed by atoms with Gasteiger partial charge >= 0.3 is 0 Å². The summed E-state index contributed by atoms with van der Waals surface area (Å²) in [5.41, 5.74) is 0.753. The van der Waals surface area contributed by atoms with Crippen molar-refractivity contribution >= 4 is 17.5 Å². The third kappa shape index (κ3) is 5.38. The second kappa shape index (κ2) is 9.45. The lowest BCUT2D eigenvalue weighted by Crippen LogP contribution is -2.31. The van der Waals surface area contributed by atoms with Crippen molar-refractivity contribution in [3.8, 4) is 11.5 Å². The quantitative estimate of drug-likeness (QED) is 0.609. The number of anilines is 1. The predicted octanol–water partition coefficient (Wildman–Crippen LogP) is 3.62. The standard InChI is InChI=1S/C22H22N2O5/c1-15(29-17-11-9-16(27-2)10-12-17)21(25)24-20-8-4-3-7-19(20)22(26)23-14-18-6-5-13-28-18/h3-13,15H,14H2,1-2H3,(H,23,26)(H,24,25). The summed E-state index contributed by atoms with van der Waals surface area (Å²) in [6.45, 7) is 1.89. The molecular formula is C22H22N2O5. The van der Waals surface area contributed by atoms with Gasteiger partial charge in [-0.25, -0.2) is 0 Å². The number of ether oxygens (including phenoxy) is 2. The Bertz CT molecular complexity index is 952. The van der Waals surface area contributed by atoms with Crippen molar-refractivity contribution < 1.29 is 23.5 Å². The Morgan fingerprint density at radius 2 is 1.72 bits per heavy atom. The summed E-state index contributed by atoms with van der Waals surface area (Å²) in [4.78, 5) is 25.1. The van der Waals surface area contributed by atoms with E-state index in [1.807, 2.05) is 0 Å². The molecule has 1 unspecified atom stereocenters. The third-order valence-corrected chi connectivity index (χ3v) is 4.17. The number of hydrogen-bond acceptors (Lipinski definition) is 5. The van der Waals surface area contributed by atoms with E-state index in [2.05, 4.69) is 10.6 Å². The number of rotatable bonds is 8. The summed E-state index contributed by atoms with van der Waals surface area (Å²) in [5.74, 6) is 1.19. The highest BCUT2D eigenvalue weighted by atomic mass is 16.5. The fourth-order valence-corrected chi connectivity index (χ4v) is 2.61. The van der Waals surface area contributed by atoms with Crippen LogP contribution in [0.1, 0.15) is 23.0 Å². The first-order valence-electron chi connectivity index (χ1n) is 9.08. The number of methoxy groups -OCH3 is 1. The number of hydrogen-bond donors (Lipinski definition) is 2. The third-order valence-electron chi connectivity index (χ3n) is 4.17. The zero-order valence-corrected chi connectivity index (χ0v) is 16.2. The van der Waals surface area contributed by atoms with Crippen LogP contribution in [0.25, 0.3) is 0 Å². The van der Waals surface area contributed by atoms with Crippen LogP contribution in [0.2, 0.25) is 0 Å². The second-order valence-electron chi connectivity index (χ2n) is 6.23. The molecule has 1 aromatic heterocycles. The predicted molar refractivity (Wildman–Crippen MR) is 108 cm³/mol. The van der Waals surface area contributed by atoms with Gasteiger partial charge in [0.1, 0.15) is 17.3 Å². The van der Waals surface area contributed by atoms with Crippen LogP contribution in [0.5, 0.6) is 11.5 Å². The summed E-state index contributed by atoms with van der Waals surface area (Å²) in [5, 5.41) is 5.52. The van der Waals surface area contributed by atoms with Crippen molar-refractivity contribution in [3.63, 3.8) is 0 Å². The average molecular weight is 394 g/mol. The summed E-state index contributed by atoms with van der Waals surface area (Å²) in [6.07, 6.45) is 0.780. The van der Waals surface area contributed by atoms with Crippen molar-refractivity contribution in [3.05, 3.63) is 78.3 Å². The molecule has 1 heterocycles. The normalized spacial score (nSPS) is 11.4. The van der Waals surface area contributed by atoms with E-state index in [1.165, 1.54) is 0 Å². The topological polar surface area (TPSA) is 89.8 Å². The molecule has 0 aliphatic heterocycles. The zero-order valence-electron chi connectivity index (χ0n) is 16.2. The van der Waals surface area contributed by atoms with Crippen molar-refractivity contribution in [1.82, 2.24) is 5.32 Å². The minimum atomic E-state index is -0.761. The van der Waals surface area contributed by atoms with E-state index in [4.69, 9.17) is 13.9 Å². The summed E-state index contributed by atoms with van der Waals surface area (Å²) >= 11 is 0. The van der Waals surface area contributed by atoms with Crippen LogP contribution in [-0.2, 0) is 11.3 Å². The van der Waals surface area contributed by atoms with E-state index < -0.39 is 6.10 Å². The minimum absolute atomic E-state index is 0.255. The lowest BCUT2D eigenvalue weighted by atomic mass is 10.1. The zero-order chi connectivity index (χ0) is 20.6. The van der Waals surface area contributed by atoms with Crippen molar-refractivity contribution in [1.29, 1.82) is 0 Å². The Hall–Kier alpha value is -3.74. The van der Waals surface area contributed by atoms with Crippen LogP contribution in [0.3, 0.4) is 0 Å². The Morgan fingerprint density at radius 3 is 2.41 bits per heavy atom. The van der Waals surface area contributed by atoms with Gasteiger partial charge in [0.15, 0.2) is 6.10 Å². The molecule has 7 heteroatoms. The Kier molecular flexibility index (Phi) is 6.52. The molecule has 0 aliphatic carbocycles. The molecule has 0 aliphatic rings. The largest absolute Gasteiger partial charge is 0.497 e. The van der Waals surface area contributed by atoms with Crippen molar-refractivity contribution in [2.45, 2.75) is 19.6 Å². The molecule has 0 fully saturated rings. The molecule has 1 atom stereocenters. The Morgan fingerprint density at radius 1 is 1.00 bits per heavy atom. The maximum atomic E-state index is 12.6. The number of carbonyl (C=O) groups is 2. The van der Waals surface area contributed by atoms with Gasteiger partial charge in [0, 0.05) is 0 Å². The molecular weight excluding hydrogens is 372 g/mol. The smallest absolute Gasteiger partial charge is 0.265 e. The number of furan rings is 1. The lowest BCUT2D eigenvalue weighted by molar-refractivity contribution is -0.122. The summed E-state index contributed by atoms with van der Waals surface area (Å²) in [7, 11) is 1.58. The molecule has 29 heavy (non-hydrogen) atoms. The lowest BCUT2D eigenvalue weighted by Gasteiger charge is -2.16. The van der Waals surface area contributed by atoms with Crippen LogP contribution in [0.15, 0.2) is 71.3 Å². The first-order valence-corrected chi connectivity index (χ1v) is 9.08. The molecule has 150 valence electrons. The van der Waals surface area contributed by atoms with Crippen LogP contribution >= 0.6 is 0 Å². The van der Waals surface area contributed by atoms with Crippen LogP contribution in [-0.4, -0.2) is 25.0 Å². The maximum absolute atomic E-state index is 12.6. The second-order valence-corrected chi connectivity index (χ2v) is 6.23. The highest BCUT2D eigenvalue weighted by molar-refractivity contribution is 6.04. The first kappa shape index (κ1) is 20.0. The number of nitrogens with one attached hydrogen (secondary N) is 2. The van der Waals surface area contributed by atoms with Gasteiger partial charge < -0.3 is 24.5 Å². The highest BCUT2D eigenvalue weighted by Gasteiger charge is 2.18. The van der Waals surface area contributed by atoms with E-state index >= 15 is 0 Å². The Labute approximate surface area is 168 Å². The Balaban J connectivity index is 1.62. The van der Waals surface area contributed by atoms with Gasteiger partial charge in [-0.05, 0) is 55.5 Å². The first-order chi connectivity index (χ1) is 14.1. The number of carbonyl (C=O) groups excluding carboxylic acids is 2. The van der Waals surface area contributed by atoms with E-state index in [0.717, 1.165) is 0 Å². The fourth-order valence-electron chi connectivity index (χ4n) is 2.61. The number of benzene rings is 2. The van der Waals surface area contributed by atoms with Gasteiger partial charge in [-0.1, -0.05) is 12.1 Å². The molecule has 0 bridgehead atoms. The molecule has 3 aromatic rings. The van der Waals surface area contributed by atoms with Gasteiger partial charge in [-0.2, -0.15) is 0 Å². The SMILES string of the molecule is COc1ccc(OC(C)C(=O)Nc2ccccc2C(=O)NCc2ccco2)cc1. The van der Waals surface area contributed by atoms with Crippen molar-refractivity contribution in [2.24, 2.45) is 0 Å². The van der Waals surface area contributed by atoms with E-state index in [9.17, 15) is 9.59 Å².